The maximum absolute atomic E-state index is 5.98. The van der Waals surface area contributed by atoms with Crippen LogP contribution in [0.5, 0.6) is 0 Å². The van der Waals surface area contributed by atoms with Crippen molar-refractivity contribution in [2.75, 3.05) is 6.61 Å². The van der Waals surface area contributed by atoms with Crippen LogP contribution >= 0.6 is 0 Å². The average molecular weight is 250 g/mol. The lowest BCUT2D eigenvalue weighted by atomic mass is 9.85. The van der Waals surface area contributed by atoms with E-state index in [1.54, 1.807) is 0 Å². The van der Waals surface area contributed by atoms with Crippen LogP contribution in [0.1, 0.15) is 39.7 Å². The zero-order valence-electron chi connectivity index (χ0n) is 12.0. The maximum Gasteiger partial charge on any atom is 0.0771 e. The van der Waals surface area contributed by atoms with E-state index in [4.69, 9.17) is 10.5 Å². The fourth-order valence-electron chi connectivity index (χ4n) is 2.23. The minimum absolute atomic E-state index is 0.0610. The normalized spacial score (nSPS) is 15.4. The van der Waals surface area contributed by atoms with Gasteiger partial charge in [0.2, 0.25) is 0 Å². The van der Waals surface area contributed by atoms with Gasteiger partial charge in [-0.2, -0.15) is 0 Å². The molecule has 0 amide bonds. The molecule has 0 aliphatic rings. The van der Waals surface area contributed by atoms with Crippen LogP contribution in [0.4, 0.5) is 0 Å². The smallest absolute Gasteiger partial charge is 0.0771 e. The minimum atomic E-state index is 0.0610. The highest BCUT2D eigenvalue weighted by Crippen LogP contribution is 2.24. The van der Waals surface area contributed by atoms with Crippen LogP contribution in [0.25, 0.3) is 0 Å². The molecule has 1 heterocycles. The van der Waals surface area contributed by atoms with E-state index in [9.17, 15) is 0 Å². The summed E-state index contributed by atoms with van der Waals surface area (Å²) in [4.78, 5) is 4.01. The molecule has 0 saturated heterocycles. The molecule has 1 aromatic heterocycles. The largest absolute Gasteiger partial charge is 0.376 e. The van der Waals surface area contributed by atoms with Gasteiger partial charge < -0.3 is 10.5 Å². The summed E-state index contributed by atoms with van der Waals surface area (Å²) in [6, 6.07) is 4.16. The Hall–Kier alpha value is -0.930. The summed E-state index contributed by atoms with van der Waals surface area (Å²) in [5.41, 5.74) is 7.38. The van der Waals surface area contributed by atoms with Gasteiger partial charge in [0.15, 0.2) is 0 Å². The van der Waals surface area contributed by atoms with E-state index in [1.807, 2.05) is 31.5 Å². The number of aromatic nitrogens is 1. The number of nitrogens with two attached hydrogens (primary N) is 1. The molecule has 0 spiro atoms. The molecule has 0 aliphatic carbocycles. The fraction of sp³-hybridized carbons (Fsp3) is 0.667. The molecule has 1 rings (SSSR count). The van der Waals surface area contributed by atoms with Gasteiger partial charge in [-0.05, 0) is 42.9 Å². The van der Waals surface area contributed by atoms with Gasteiger partial charge in [0, 0.05) is 25.0 Å². The van der Waals surface area contributed by atoms with E-state index in [2.05, 4.69) is 25.8 Å². The van der Waals surface area contributed by atoms with Gasteiger partial charge in [-0.15, -0.1) is 0 Å². The van der Waals surface area contributed by atoms with Crippen LogP contribution in [0.2, 0.25) is 0 Å². The first-order valence-electron chi connectivity index (χ1n) is 6.67. The fourth-order valence-corrected chi connectivity index (χ4v) is 2.23. The number of nitrogens with zero attached hydrogens (tertiary/aromatic N) is 1. The average Bonchev–Trinajstić information content (AvgIpc) is 2.27. The van der Waals surface area contributed by atoms with Gasteiger partial charge in [-0.1, -0.05) is 20.8 Å². The Bertz CT molecular complexity index is 330. The van der Waals surface area contributed by atoms with Gasteiger partial charge in [0.05, 0.1) is 6.10 Å². The number of hydrogen-bond acceptors (Lipinski definition) is 3. The van der Waals surface area contributed by atoms with E-state index in [0.29, 0.717) is 0 Å². The van der Waals surface area contributed by atoms with E-state index in [1.165, 1.54) is 5.56 Å². The maximum atomic E-state index is 5.98. The molecular weight excluding hydrogens is 224 g/mol. The van der Waals surface area contributed by atoms with Crippen LogP contribution in [0.3, 0.4) is 0 Å². The van der Waals surface area contributed by atoms with Gasteiger partial charge in [0.25, 0.3) is 0 Å². The third kappa shape index (κ3) is 5.15. The van der Waals surface area contributed by atoms with Gasteiger partial charge in [-0.25, -0.2) is 0 Å². The summed E-state index contributed by atoms with van der Waals surface area (Å²) >= 11 is 0. The topological polar surface area (TPSA) is 48.1 Å². The summed E-state index contributed by atoms with van der Waals surface area (Å²) in [5, 5.41) is 0. The predicted molar refractivity (Wildman–Crippen MR) is 75.4 cm³/mol. The summed E-state index contributed by atoms with van der Waals surface area (Å²) in [7, 11) is 0. The summed E-state index contributed by atoms with van der Waals surface area (Å²) < 4.78 is 5.95. The van der Waals surface area contributed by atoms with Crippen molar-refractivity contribution in [3.63, 3.8) is 0 Å². The Morgan fingerprint density at radius 2 is 1.89 bits per heavy atom. The van der Waals surface area contributed by atoms with Gasteiger partial charge in [0.1, 0.15) is 0 Å². The van der Waals surface area contributed by atoms with Gasteiger partial charge >= 0.3 is 0 Å². The Morgan fingerprint density at radius 3 is 2.39 bits per heavy atom. The molecule has 2 unspecified atom stereocenters. The van der Waals surface area contributed by atoms with E-state index < -0.39 is 0 Å². The zero-order valence-corrected chi connectivity index (χ0v) is 12.0. The van der Waals surface area contributed by atoms with Gasteiger partial charge in [-0.3, -0.25) is 4.98 Å². The molecule has 2 atom stereocenters. The standard InChI is InChI=1S/C15H26N2O/c1-12(16)14(15(2,3)4)18-11-5-6-13-7-9-17-10-8-13/h7-10,12,14H,5-6,11,16H2,1-4H3. The third-order valence-corrected chi connectivity index (χ3v) is 2.99. The van der Waals surface area contributed by atoms with Crippen LogP contribution in [0, 0.1) is 5.41 Å². The number of aryl methyl sites for hydroxylation is 1. The van der Waals surface area contributed by atoms with Crippen molar-refractivity contribution in [1.29, 1.82) is 0 Å². The first kappa shape index (κ1) is 15.1. The second-order valence-corrected chi connectivity index (χ2v) is 5.98. The van der Waals surface area contributed by atoms with Crippen molar-refractivity contribution >= 4 is 0 Å². The first-order chi connectivity index (χ1) is 8.41. The Balaban J connectivity index is 2.32. The predicted octanol–water partition coefficient (Wildman–Crippen LogP) is 2.79. The zero-order chi connectivity index (χ0) is 13.6. The molecule has 0 aliphatic heterocycles. The summed E-state index contributed by atoms with van der Waals surface area (Å²) in [6.07, 6.45) is 5.81. The second kappa shape index (κ2) is 6.86. The van der Waals surface area contributed by atoms with Crippen molar-refractivity contribution in [2.24, 2.45) is 11.1 Å². The number of ether oxygens (including phenoxy) is 1. The molecule has 0 fully saturated rings. The first-order valence-corrected chi connectivity index (χ1v) is 6.67. The van der Waals surface area contributed by atoms with Crippen LogP contribution in [0.15, 0.2) is 24.5 Å². The SMILES string of the molecule is CC(N)C(OCCCc1ccncc1)C(C)(C)C. The highest BCUT2D eigenvalue weighted by Gasteiger charge is 2.28. The quantitative estimate of drug-likeness (QED) is 0.790. The molecule has 0 bridgehead atoms. The van der Waals surface area contributed by atoms with E-state index >= 15 is 0 Å². The monoisotopic (exact) mass is 250 g/mol. The Kier molecular flexibility index (Phi) is 5.76. The summed E-state index contributed by atoms with van der Waals surface area (Å²) in [6.45, 7) is 9.28. The number of pyridine rings is 1. The number of hydrogen-bond donors (Lipinski definition) is 1. The lowest BCUT2D eigenvalue weighted by Crippen LogP contribution is -2.43. The number of rotatable bonds is 6. The highest BCUT2D eigenvalue weighted by molar-refractivity contribution is 5.09. The second-order valence-electron chi connectivity index (χ2n) is 5.98. The lowest BCUT2D eigenvalue weighted by molar-refractivity contribution is -0.0308. The molecule has 18 heavy (non-hydrogen) atoms. The molecule has 0 radical (unpaired) electrons. The van der Waals surface area contributed by atoms with Crippen LogP contribution in [-0.4, -0.2) is 23.7 Å². The van der Waals surface area contributed by atoms with Crippen molar-refractivity contribution in [3.05, 3.63) is 30.1 Å². The third-order valence-electron chi connectivity index (χ3n) is 2.99. The minimum Gasteiger partial charge on any atom is -0.376 e. The van der Waals surface area contributed by atoms with Crippen molar-refractivity contribution in [1.82, 2.24) is 4.98 Å². The molecule has 0 saturated carbocycles. The highest BCUT2D eigenvalue weighted by atomic mass is 16.5. The lowest BCUT2D eigenvalue weighted by Gasteiger charge is -2.33. The molecule has 2 N–H and O–H groups in total. The van der Waals surface area contributed by atoms with Crippen molar-refractivity contribution in [3.8, 4) is 0 Å². The Morgan fingerprint density at radius 1 is 1.28 bits per heavy atom. The van der Waals surface area contributed by atoms with Crippen LogP contribution in [-0.2, 0) is 11.2 Å². The molecule has 1 aromatic rings. The summed E-state index contributed by atoms with van der Waals surface area (Å²) in [5.74, 6) is 0. The molecule has 3 nitrogen and oxygen atoms in total. The van der Waals surface area contributed by atoms with Crippen molar-refractivity contribution in [2.45, 2.75) is 52.7 Å². The molecule has 3 heteroatoms. The van der Waals surface area contributed by atoms with E-state index in [0.717, 1.165) is 19.4 Å². The molecule has 102 valence electrons. The molecular formula is C15H26N2O. The molecule has 0 aromatic carbocycles. The van der Waals surface area contributed by atoms with Crippen LogP contribution < -0.4 is 5.73 Å². The van der Waals surface area contributed by atoms with Crippen molar-refractivity contribution < 1.29 is 4.74 Å². The Labute approximate surface area is 111 Å². The van der Waals surface area contributed by atoms with E-state index in [-0.39, 0.29) is 17.6 Å².